The summed E-state index contributed by atoms with van der Waals surface area (Å²) in [5, 5.41) is 0. The maximum atomic E-state index is 12.5. The molecule has 0 heterocycles. The van der Waals surface area contributed by atoms with Gasteiger partial charge in [-0.2, -0.15) is 0 Å². The van der Waals surface area contributed by atoms with E-state index in [1.54, 1.807) is 0 Å². The van der Waals surface area contributed by atoms with E-state index in [1.165, 1.54) is 141 Å². The smallest absolute Gasteiger partial charge is 0.308 e. The highest BCUT2D eigenvalue weighted by atomic mass is 16.5. The molecular formula is C32H64O2. The monoisotopic (exact) mass is 480 g/mol. The van der Waals surface area contributed by atoms with Crippen molar-refractivity contribution in [1.29, 1.82) is 0 Å². The Morgan fingerprint density at radius 3 is 1.24 bits per heavy atom. The number of unbranched alkanes of at least 4 members (excludes halogenated alkanes) is 18. The first-order valence-corrected chi connectivity index (χ1v) is 15.8. The van der Waals surface area contributed by atoms with Crippen LogP contribution in [0.5, 0.6) is 0 Å². The second kappa shape index (κ2) is 27.1. The molecule has 2 atom stereocenters. The summed E-state index contributed by atoms with van der Waals surface area (Å²) in [7, 11) is 0. The highest BCUT2D eigenvalue weighted by Crippen LogP contribution is 2.21. The SMILES string of the molecule is CCCCCCCCCCCCC(CCCCCCCCC)COC(=O)C(C)CCCCCC. The minimum absolute atomic E-state index is 0.0455. The Labute approximate surface area is 215 Å². The molecule has 0 bridgehead atoms. The summed E-state index contributed by atoms with van der Waals surface area (Å²) in [6.45, 7) is 9.52. The number of rotatable bonds is 27. The third-order valence-corrected chi connectivity index (χ3v) is 7.54. The van der Waals surface area contributed by atoms with Crippen LogP contribution in [-0.4, -0.2) is 12.6 Å². The van der Waals surface area contributed by atoms with Gasteiger partial charge in [-0.05, 0) is 25.2 Å². The van der Waals surface area contributed by atoms with Gasteiger partial charge in [-0.1, -0.05) is 163 Å². The van der Waals surface area contributed by atoms with Gasteiger partial charge in [0.05, 0.1) is 12.5 Å². The molecule has 0 spiro atoms. The zero-order valence-electron chi connectivity index (χ0n) is 24.1. The van der Waals surface area contributed by atoms with Gasteiger partial charge in [-0.15, -0.1) is 0 Å². The van der Waals surface area contributed by atoms with Crippen molar-refractivity contribution in [3.8, 4) is 0 Å². The quantitative estimate of drug-likeness (QED) is 0.0862. The number of carbonyl (C=O) groups excluding carboxylic acids is 1. The molecule has 34 heavy (non-hydrogen) atoms. The van der Waals surface area contributed by atoms with Gasteiger partial charge < -0.3 is 4.74 Å². The van der Waals surface area contributed by atoms with E-state index in [-0.39, 0.29) is 11.9 Å². The van der Waals surface area contributed by atoms with Crippen LogP contribution in [0.1, 0.15) is 182 Å². The Hall–Kier alpha value is -0.530. The van der Waals surface area contributed by atoms with Crippen molar-refractivity contribution >= 4 is 5.97 Å². The molecule has 0 aliphatic carbocycles. The lowest BCUT2D eigenvalue weighted by molar-refractivity contribution is -0.149. The predicted molar refractivity (Wildman–Crippen MR) is 151 cm³/mol. The zero-order valence-corrected chi connectivity index (χ0v) is 24.1. The predicted octanol–water partition coefficient (Wildman–Crippen LogP) is 11.2. The Morgan fingerprint density at radius 1 is 0.500 bits per heavy atom. The van der Waals surface area contributed by atoms with Gasteiger partial charge in [0.1, 0.15) is 0 Å². The highest BCUT2D eigenvalue weighted by molar-refractivity contribution is 5.71. The fourth-order valence-corrected chi connectivity index (χ4v) is 4.96. The maximum absolute atomic E-state index is 12.5. The lowest BCUT2D eigenvalue weighted by atomic mass is 9.94. The molecule has 2 nitrogen and oxygen atoms in total. The molecule has 0 fully saturated rings. The van der Waals surface area contributed by atoms with E-state index in [2.05, 4.69) is 27.7 Å². The van der Waals surface area contributed by atoms with Crippen LogP contribution in [0.4, 0.5) is 0 Å². The van der Waals surface area contributed by atoms with Gasteiger partial charge in [0.25, 0.3) is 0 Å². The first kappa shape index (κ1) is 33.5. The summed E-state index contributed by atoms with van der Waals surface area (Å²) >= 11 is 0. The third-order valence-electron chi connectivity index (χ3n) is 7.54. The molecule has 0 saturated heterocycles. The van der Waals surface area contributed by atoms with Gasteiger partial charge in [0.15, 0.2) is 0 Å². The van der Waals surface area contributed by atoms with Crippen molar-refractivity contribution in [3.63, 3.8) is 0 Å². The molecule has 0 aromatic rings. The first-order chi connectivity index (χ1) is 16.7. The molecule has 2 heteroatoms. The average molecular weight is 481 g/mol. The molecular weight excluding hydrogens is 416 g/mol. The lowest BCUT2D eigenvalue weighted by Gasteiger charge is -2.19. The summed E-state index contributed by atoms with van der Waals surface area (Å²) < 4.78 is 5.84. The van der Waals surface area contributed by atoms with Gasteiger partial charge in [0, 0.05) is 0 Å². The largest absolute Gasteiger partial charge is 0.465 e. The molecule has 0 aromatic carbocycles. The van der Waals surface area contributed by atoms with E-state index >= 15 is 0 Å². The van der Waals surface area contributed by atoms with Crippen LogP contribution in [0.2, 0.25) is 0 Å². The number of hydrogen-bond acceptors (Lipinski definition) is 2. The molecule has 2 unspecified atom stereocenters. The summed E-state index contributed by atoms with van der Waals surface area (Å²) in [4.78, 5) is 12.5. The molecule has 0 saturated carbocycles. The van der Waals surface area contributed by atoms with E-state index in [1.807, 2.05) is 0 Å². The number of hydrogen-bond donors (Lipinski definition) is 0. The van der Waals surface area contributed by atoms with Crippen LogP contribution in [-0.2, 0) is 9.53 Å². The summed E-state index contributed by atoms with van der Waals surface area (Å²) in [5.74, 6) is 0.679. The first-order valence-electron chi connectivity index (χ1n) is 15.8. The normalized spacial score (nSPS) is 13.2. The van der Waals surface area contributed by atoms with Crippen LogP contribution in [0, 0.1) is 11.8 Å². The van der Waals surface area contributed by atoms with E-state index in [0.29, 0.717) is 12.5 Å². The molecule has 0 aliphatic heterocycles. The van der Waals surface area contributed by atoms with Crippen LogP contribution < -0.4 is 0 Å². The van der Waals surface area contributed by atoms with Gasteiger partial charge in [-0.25, -0.2) is 0 Å². The molecule has 0 aromatic heterocycles. The van der Waals surface area contributed by atoms with Crippen molar-refractivity contribution in [2.24, 2.45) is 11.8 Å². The van der Waals surface area contributed by atoms with Crippen molar-refractivity contribution < 1.29 is 9.53 Å². The Kier molecular flexibility index (Phi) is 26.6. The third kappa shape index (κ3) is 23.2. The Balaban J connectivity index is 4.12. The van der Waals surface area contributed by atoms with Crippen LogP contribution in [0.25, 0.3) is 0 Å². The summed E-state index contributed by atoms with van der Waals surface area (Å²) in [6.07, 6.45) is 31.8. The number of ether oxygens (including phenoxy) is 1. The number of esters is 1. The molecule has 0 rings (SSSR count). The van der Waals surface area contributed by atoms with E-state index in [0.717, 1.165) is 12.8 Å². The van der Waals surface area contributed by atoms with Crippen molar-refractivity contribution in [2.45, 2.75) is 182 Å². The van der Waals surface area contributed by atoms with E-state index in [9.17, 15) is 4.79 Å². The summed E-state index contributed by atoms with van der Waals surface area (Å²) in [6, 6.07) is 0. The lowest BCUT2D eigenvalue weighted by Crippen LogP contribution is -2.20. The minimum Gasteiger partial charge on any atom is -0.465 e. The molecule has 204 valence electrons. The maximum Gasteiger partial charge on any atom is 0.308 e. The summed E-state index contributed by atoms with van der Waals surface area (Å²) in [5.41, 5.74) is 0. The average Bonchev–Trinajstić information content (AvgIpc) is 2.84. The van der Waals surface area contributed by atoms with Crippen molar-refractivity contribution in [2.75, 3.05) is 6.61 Å². The standard InChI is InChI=1S/C32H64O2/c1-5-8-11-14-16-17-18-20-22-25-28-31(27-24-21-19-15-12-9-6-2)29-34-32(33)30(4)26-23-13-10-7-3/h30-31H,5-29H2,1-4H3. The van der Waals surface area contributed by atoms with Gasteiger partial charge in [-0.3, -0.25) is 4.79 Å². The molecule has 0 radical (unpaired) electrons. The fourth-order valence-electron chi connectivity index (χ4n) is 4.96. The molecule has 0 aliphatic rings. The van der Waals surface area contributed by atoms with Gasteiger partial charge >= 0.3 is 5.97 Å². The molecule has 0 amide bonds. The Morgan fingerprint density at radius 2 is 0.824 bits per heavy atom. The van der Waals surface area contributed by atoms with Crippen LogP contribution in [0.15, 0.2) is 0 Å². The second-order valence-electron chi connectivity index (χ2n) is 11.1. The van der Waals surface area contributed by atoms with E-state index < -0.39 is 0 Å². The minimum atomic E-state index is 0.0455. The number of carbonyl (C=O) groups is 1. The topological polar surface area (TPSA) is 26.3 Å². The van der Waals surface area contributed by atoms with Crippen LogP contribution >= 0.6 is 0 Å². The second-order valence-corrected chi connectivity index (χ2v) is 11.1. The van der Waals surface area contributed by atoms with Crippen molar-refractivity contribution in [3.05, 3.63) is 0 Å². The van der Waals surface area contributed by atoms with E-state index in [4.69, 9.17) is 4.74 Å². The molecule has 0 N–H and O–H groups in total. The fraction of sp³-hybridized carbons (Fsp3) is 0.969. The van der Waals surface area contributed by atoms with Gasteiger partial charge in [0.2, 0.25) is 0 Å². The highest BCUT2D eigenvalue weighted by Gasteiger charge is 2.17. The van der Waals surface area contributed by atoms with Crippen molar-refractivity contribution in [1.82, 2.24) is 0 Å². The Bertz CT molecular complexity index is 406. The zero-order chi connectivity index (χ0) is 25.1. The van der Waals surface area contributed by atoms with Crippen LogP contribution in [0.3, 0.4) is 0 Å².